The minimum atomic E-state index is -0.248. The number of aryl methyl sites for hydroxylation is 1. The van der Waals surface area contributed by atoms with Gasteiger partial charge >= 0.3 is 0 Å². The number of hydrogen-bond acceptors (Lipinski definition) is 4. The highest BCUT2D eigenvalue weighted by molar-refractivity contribution is 5.90. The van der Waals surface area contributed by atoms with Crippen molar-refractivity contribution in [2.45, 2.75) is 33.6 Å². The van der Waals surface area contributed by atoms with Crippen molar-refractivity contribution in [3.63, 3.8) is 0 Å². The molecule has 1 aromatic rings. The van der Waals surface area contributed by atoms with Gasteiger partial charge in [0.25, 0.3) is 5.91 Å². The maximum absolute atomic E-state index is 11.7. The fraction of sp³-hybridized carbons (Fsp3) is 0.500. The Labute approximate surface area is 125 Å². The van der Waals surface area contributed by atoms with Gasteiger partial charge in [-0.15, -0.1) is 0 Å². The molecule has 114 valence electrons. The van der Waals surface area contributed by atoms with Crippen LogP contribution in [0.1, 0.15) is 32.4 Å². The monoisotopic (exact) mass is 290 g/mol. The molecule has 0 saturated heterocycles. The van der Waals surface area contributed by atoms with Crippen LogP contribution in [0.5, 0.6) is 0 Å². The van der Waals surface area contributed by atoms with E-state index in [4.69, 9.17) is 9.26 Å². The van der Waals surface area contributed by atoms with Crippen LogP contribution in [0.2, 0.25) is 0 Å². The van der Waals surface area contributed by atoms with Crippen LogP contribution in [0.4, 0.5) is 5.82 Å². The van der Waals surface area contributed by atoms with Crippen LogP contribution in [0, 0.1) is 18.8 Å². The van der Waals surface area contributed by atoms with E-state index in [1.807, 2.05) is 12.2 Å². The molecule has 5 nitrogen and oxygen atoms in total. The van der Waals surface area contributed by atoms with Gasteiger partial charge in [-0.3, -0.25) is 4.79 Å². The summed E-state index contributed by atoms with van der Waals surface area (Å²) in [6, 6.07) is 1.66. The highest BCUT2D eigenvalue weighted by Crippen LogP contribution is 2.25. The Hall–Kier alpha value is -2.04. The zero-order chi connectivity index (χ0) is 15.2. The number of nitrogens with one attached hydrogen (secondary N) is 1. The second kappa shape index (κ2) is 7.11. The van der Waals surface area contributed by atoms with Crippen molar-refractivity contribution in [2.24, 2.45) is 11.8 Å². The summed E-state index contributed by atoms with van der Waals surface area (Å²) in [6.45, 7) is 6.19. The third-order valence-corrected chi connectivity index (χ3v) is 3.74. The summed E-state index contributed by atoms with van der Waals surface area (Å²) in [7, 11) is 0. The number of anilines is 1. The molecule has 0 fully saturated rings. The first-order valence-electron chi connectivity index (χ1n) is 7.32. The molecule has 21 heavy (non-hydrogen) atoms. The summed E-state index contributed by atoms with van der Waals surface area (Å²) in [4.78, 5) is 11.7. The number of rotatable bonds is 6. The fourth-order valence-electron chi connectivity index (χ4n) is 2.20. The molecule has 1 N–H and O–H groups in total. The van der Waals surface area contributed by atoms with Gasteiger partial charge in [-0.25, -0.2) is 0 Å². The van der Waals surface area contributed by atoms with Gasteiger partial charge in [-0.2, -0.15) is 0 Å². The number of carbonyl (C=O) groups excluding carboxylic acids is 1. The van der Waals surface area contributed by atoms with Gasteiger partial charge < -0.3 is 14.6 Å². The Morgan fingerprint density at radius 2 is 2.43 bits per heavy atom. The first-order chi connectivity index (χ1) is 10.1. The maximum Gasteiger partial charge on any atom is 0.263 e. The van der Waals surface area contributed by atoms with E-state index in [2.05, 4.69) is 30.4 Å². The molecule has 1 heterocycles. The van der Waals surface area contributed by atoms with E-state index in [1.54, 1.807) is 13.0 Å². The van der Waals surface area contributed by atoms with Crippen LogP contribution in [0.3, 0.4) is 0 Å². The van der Waals surface area contributed by atoms with Crippen molar-refractivity contribution < 1.29 is 14.1 Å². The molecular formula is C16H22N2O3. The quantitative estimate of drug-likeness (QED) is 0.871. The second-order valence-corrected chi connectivity index (χ2v) is 5.41. The number of carbonyl (C=O) groups is 1. The molecule has 5 heteroatoms. The molecule has 0 spiro atoms. The van der Waals surface area contributed by atoms with Crippen LogP contribution in [0.15, 0.2) is 34.6 Å². The molecule has 0 bridgehead atoms. The van der Waals surface area contributed by atoms with Gasteiger partial charge in [0.1, 0.15) is 11.5 Å². The normalized spacial score (nSPS) is 19.0. The second-order valence-electron chi connectivity index (χ2n) is 5.41. The molecule has 2 atom stereocenters. The van der Waals surface area contributed by atoms with E-state index >= 15 is 0 Å². The minimum absolute atomic E-state index is 0.0317. The maximum atomic E-state index is 11.7. The van der Waals surface area contributed by atoms with Crippen LogP contribution >= 0.6 is 0 Å². The molecule has 0 aliphatic heterocycles. The average molecular weight is 290 g/mol. The zero-order valence-electron chi connectivity index (χ0n) is 12.8. The van der Waals surface area contributed by atoms with Gasteiger partial charge in [0.2, 0.25) is 0 Å². The molecule has 1 aliphatic carbocycles. The van der Waals surface area contributed by atoms with Crippen LogP contribution in [0.25, 0.3) is 0 Å². The van der Waals surface area contributed by atoms with E-state index in [9.17, 15) is 4.79 Å². The van der Waals surface area contributed by atoms with E-state index in [1.165, 1.54) is 6.42 Å². The Bertz CT molecular complexity index is 545. The van der Waals surface area contributed by atoms with Gasteiger partial charge in [0.15, 0.2) is 12.4 Å². The van der Waals surface area contributed by atoms with E-state index < -0.39 is 0 Å². The van der Waals surface area contributed by atoms with Gasteiger partial charge in [0.05, 0.1) is 0 Å². The van der Waals surface area contributed by atoms with Crippen LogP contribution < -0.4 is 5.32 Å². The predicted molar refractivity (Wildman–Crippen MR) is 80.6 cm³/mol. The topological polar surface area (TPSA) is 64.4 Å². The predicted octanol–water partition coefficient (Wildman–Crippen LogP) is 3.44. The van der Waals surface area contributed by atoms with Crippen molar-refractivity contribution in [2.75, 3.05) is 11.9 Å². The van der Waals surface area contributed by atoms with Crippen LogP contribution in [-0.2, 0) is 9.53 Å². The summed E-state index contributed by atoms with van der Waals surface area (Å²) in [5.74, 6) is 2.79. The number of hydrogen-bond donors (Lipinski definition) is 1. The largest absolute Gasteiger partial charge is 0.484 e. The number of aromatic nitrogens is 1. The summed E-state index contributed by atoms with van der Waals surface area (Å²) in [6.07, 6.45) is 8.30. The summed E-state index contributed by atoms with van der Waals surface area (Å²) < 4.78 is 10.4. The molecule has 0 saturated carbocycles. The van der Waals surface area contributed by atoms with E-state index in [0.29, 0.717) is 23.4 Å². The Morgan fingerprint density at radius 1 is 1.62 bits per heavy atom. The lowest BCUT2D eigenvalue weighted by Crippen LogP contribution is -2.19. The Kier molecular flexibility index (Phi) is 5.20. The standard InChI is InChI=1S/C16H22N2O3/c1-4-11(2)13-5-7-14(8-6-13)20-10-16(19)17-15-9-12(3)21-18-15/h5,7-9,11,13H,4,6,10H2,1-3H3,(H,17,18,19). The lowest BCUT2D eigenvalue weighted by molar-refractivity contribution is -0.119. The third-order valence-electron chi connectivity index (χ3n) is 3.74. The van der Waals surface area contributed by atoms with Crippen molar-refractivity contribution in [1.29, 1.82) is 0 Å². The van der Waals surface area contributed by atoms with Gasteiger partial charge in [-0.1, -0.05) is 31.5 Å². The van der Waals surface area contributed by atoms with Crippen LogP contribution in [-0.4, -0.2) is 17.7 Å². The SMILES string of the molecule is CCC(C)C1C=CC(OCC(=O)Nc2cc(C)on2)=CC1. The Balaban J connectivity index is 1.75. The molecule has 2 unspecified atom stereocenters. The van der Waals surface area contributed by atoms with E-state index in [-0.39, 0.29) is 12.5 Å². The minimum Gasteiger partial charge on any atom is -0.484 e. The molecular weight excluding hydrogens is 268 g/mol. The molecule has 1 aliphatic rings. The highest BCUT2D eigenvalue weighted by atomic mass is 16.5. The number of ether oxygens (including phenoxy) is 1. The molecule has 0 radical (unpaired) electrons. The van der Waals surface area contributed by atoms with Crippen molar-refractivity contribution in [3.8, 4) is 0 Å². The van der Waals surface area contributed by atoms with E-state index in [0.717, 1.165) is 12.2 Å². The highest BCUT2D eigenvalue weighted by Gasteiger charge is 2.15. The lowest BCUT2D eigenvalue weighted by Gasteiger charge is -2.21. The first kappa shape index (κ1) is 15.4. The van der Waals surface area contributed by atoms with Crippen molar-refractivity contribution in [3.05, 3.63) is 35.8 Å². The molecule has 2 rings (SSSR count). The molecule has 1 amide bonds. The van der Waals surface area contributed by atoms with Gasteiger partial charge in [0, 0.05) is 6.07 Å². The van der Waals surface area contributed by atoms with Crippen molar-refractivity contribution in [1.82, 2.24) is 5.16 Å². The average Bonchev–Trinajstić information content (AvgIpc) is 2.90. The fourth-order valence-corrected chi connectivity index (χ4v) is 2.20. The summed E-state index contributed by atoms with van der Waals surface area (Å²) in [5, 5.41) is 6.32. The Morgan fingerprint density at radius 3 is 3.00 bits per heavy atom. The summed E-state index contributed by atoms with van der Waals surface area (Å²) >= 11 is 0. The first-order valence-corrected chi connectivity index (χ1v) is 7.32. The number of allylic oxidation sites excluding steroid dienone is 3. The molecule has 0 aromatic carbocycles. The number of nitrogens with zero attached hydrogens (tertiary/aromatic N) is 1. The summed E-state index contributed by atoms with van der Waals surface area (Å²) in [5.41, 5.74) is 0. The molecule has 1 aromatic heterocycles. The zero-order valence-corrected chi connectivity index (χ0v) is 12.8. The van der Waals surface area contributed by atoms with Crippen molar-refractivity contribution >= 4 is 11.7 Å². The van der Waals surface area contributed by atoms with Gasteiger partial charge in [-0.05, 0) is 37.3 Å². The lowest BCUT2D eigenvalue weighted by atomic mass is 9.86. The third kappa shape index (κ3) is 4.48. The smallest absolute Gasteiger partial charge is 0.263 e. The number of amides is 1.